The summed E-state index contributed by atoms with van der Waals surface area (Å²) in [5.41, 5.74) is 2.14. The lowest BCUT2D eigenvalue weighted by molar-refractivity contribution is -0.133. The van der Waals surface area contributed by atoms with Crippen molar-refractivity contribution in [2.24, 2.45) is 0 Å². The van der Waals surface area contributed by atoms with E-state index in [0.717, 1.165) is 17.9 Å². The summed E-state index contributed by atoms with van der Waals surface area (Å²) in [4.78, 5) is 15.1. The van der Waals surface area contributed by atoms with Crippen LogP contribution in [0.25, 0.3) is 0 Å². The predicted octanol–water partition coefficient (Wildman–Crippen LogP) is 1.77. The Kier molecular flexibility index (Phi) is 4.73. The van der Waals surface area contributed by atoms with Gasteiger partial charge in [0.05, 0.1) is 18.0 Å². The Labute approximate surface area is 121 Å². The van der Waals surface area contributed by atoms with Gasteiger partial charge in [-0.2, -0.15) is 0 Å². The number of rotatable bonds is 6. The number of carboxylic acid groups (broad SMARTS) is 1. The van der Waals surface area contributed by atoms with Crippen molar-refractivity contribution < 1.29 is 9.90 Å². The third-order valence-electron chi connectivity index (χ3n) is 2.90. The monoisotopic (exact) mass is 292 g/mol. The van der Waals surface area contributed by atoms with Gasteiger partial charge in [-0.05, 0) is 25.0 Å². The highest BCUT2D eigenvalue weighted by Crippen LogP contribution is 2.19. The second-order valence-electron chi connectivity index (χ2n) is 4.26. The zero-order chi connectivity index (χ0) is 14.5. The number of nitrogens with zero attached hydrogens (tertiary/aromatic N) is 4. The molecule has 0 saturated heterocycles. The fourth-order valence-electron chi connectivity index (χ4n) is 1.86. The van der Waals surface area contributed by atoms with Crippen LogP contribution in [0.5, 0.6) is 0 Å². The van der Waals surface area contributed by atoms with Gasteiger partial charge in [0.25, 0.3) is 0 Å². The number of aromatic nitrogens is 4. The Morgan fingerprint density at radius 3 is 2.95 bits per heavy atom. The van der Waals surface area contributed by atoms with Crippen LogP contribution in [0.1, 0.15) is 24.0 Å². The van der Waals surface area contributed by atoms with E-state index in [1.165, 1.54) is 17.3 Å². The van der Waals surface area contributed by atoms with E-state index in [-0.39, 0.29) is 5.75 Å². The molecule has 1 N–H and O–H groups in total. The minimum Gasteiger partial charge on any atom is -0.481 e. The van der Waals surface area contributed by atoms with Crippen LogP contribution in [0, 0.1) is 6.92 Å². The van der Waals surface area contributed by atoms with E-state index in [0.29, 0.717) is 11.7 Å². The first-order chi connectivity index (χ1) is 9.61. The van der Waals surface area contributed by atoms with Gasteiger partial charge in [0.1, 0.15) is 5.82 Å². The molecular formula is C13H16N4O2S. The molecule has 0 atom stereocenters. The van der Waals surface area contributed by atoms with Crippen molar-refractivity contribution in [2.75, 3.05) is 5.75 Å². The van der Waals surface area contributed by atoms with Crippen LogP contribution in [0.4, 0.5) is 0 Å². The second kappa shape index (κ2) is 6.51. The molecule has 0 bridgehead atoms. The van der Waals surface area contributed by atoms with E-state index < -0.39 is 5.97 Å². The second-order valence-corrected chi connectivity index (χ2v) is 5.20. The lowest BCUT2D eigenvalue weighted by Crippen LogP contribution is -2.09. The van der Waals surface area contributed by atoms with Crippen LogP contribution >= 0.6 is 11.8 Å². The molecule has 0 spiro atoms. The minimum atomic E-state index is -0.866. The zero-order valence-corrected chi connectivity index (χ0v) is 12.2. The maximum atomic E-state index is 10.7. The Morgan fingerprint density at radius 2 is 2.25 bits per heavy atom. The lowest BCUT2D eigenvalue weighted by Gasteiger charge is -2.10. The predicted molar refractivity (Wildman–Crippen MR) is 75.8 cm³/mol. The average molecular weight is 292 g/mol. The molecule has 0 aromatic carbocycles. The van der Waals surface area contributed by atoms with Crippen LogP contribution in [-0.4, -0.2) is 36.6 Å². The summed E-state index contributed by atoms with van der Waals surface area (Å²) in [6.07, 6.45) is 2.67. The standard InChI is InChI=1S/C13H16N4O2S/c1-3-10-5-4-6-14-11(10)7-17-9(2)15-16-13(17)20-8-12(18)19/h4-6H,3,7-8H2,1-2H3,(H,18,19). The topological polar surface area (TPSA) is 80.9 Å². The van der Waals surface area contributed by atoms with Crippen LogP contribution in [0.3, 0.4) is 0 Å². The number of aryl methyl sites for hydroxylation is 2. The van der Waals surface area contributed by atoms with Gasteiger partial charge in [-0.25, -0.2) is 0 Å². The van der Waals surface area contributed by atoms with Gasteiger partial charge in [-0.1, -0.05) is 24.8 Å². The van der Waals surface area contributed by atoms with Gasteiger partial charge >= 0.3 is 5.97 Å². The van der Waals surface area contributed by atoms with Crippen LogP contribution in [-0.2, 0) is 17.8 Å². The van der Waals surface area contributed by atoms with E-state index in [1.807, 2.05) is 23.6 Å². The third kappa shape index (κ3) is 3.36. The molecule has 0 radical (unpaired) electrons. The highest BCUT2D eigenvalue weighted by molar-refractivity contribution is 7.99. The first-order valence-electron chi connectivity index (χ1n) is 6.29. The highest BCUT2D eigenvalue weighted by atomic mass is 32.2. The molecule has 2 aromatic rings. The Hall–Kier alpha value is -1.89. The van der Waals surface area contributed by atoms with E-state index >= 15 is 0 Å². The lowest BCUT2D eigenvalue weighted by atomic mass is 10.1. The number of pyridine rings is 1. The number of carbonyl (C=O) groups is 1. The first-order valence-corrected chi connectivity index (χ1v) is 7.27. The molecule has 2 aromatic heterocycles. The van der Waals surface area contributed by atoms with Crippen molar-refractivity contribution in [3.05, 3.63) is 35.4 Å². The number of aliphatic carboxylic acids is 1. The van der Waals surface area contributed by atoms with Crippen molar-refractivity contribution in [3.8, 4) is 0 Å². The molecule has 0 unspecified atom stereocenters. The molecular weight excluding hydrogens is 276 g/mol. The smallest absolute Gasteiger partial charge is 0.313 e. The summed E-state index contributed by atoms with van der Waals surface area (Å²) in [5.74, 6) is -0.138. The van der Waals surface area contributed by atoms with Crippen molar-refractivity contribution >= 4 is 17.7 Å². The normalized spacial score (nSPS) is 10.7. The highest BCUT2D eigenvalue weighted by Gasteiger charge is 2.13. The molecule has 106 valence electrons. The molecule has 0 fully saturated rings. The quantitative estimate of drug-likeness (QED) is 0.817. The summed E-state index contributed by atoms with van der Waals surface area (Å²) in [7, 11) is 0. The maximum Gasteiger partial charge on any atom is 0.313 e. The third-order valence-corrected chi connectivity index (χ3v) is 3.85. The van der Waals surface area contributed by atoms with E-state index in [1.54, 1.807) is 6.20 Å². The first kappa shape index (κ1) is 14.5. The number of hydrogen-bond donors (Lipinski definition) is 1. The molecule has 0 aliphatic carbocycles. The van der Waals surface area contributed by atoms with E-state index in [2.05, 4.69) is 22.1 Å². The molecule has 2 rings (SSSR count). The molecule has 7 heteroatoms. The molecule has 0 aliphatic rings. The Bertz CT molecular complexity index is 612. The zero-order valence-electron chi connectivity index (χ0n) is 11.4. The molecule has 0 saturated carbocycles. The number of thioether (sulfide) groups is 1. The van der Waals surface area contributed by atoms with Gasteiger partial charge in [0, 0.05) is 6.20 Å². The van der Waals surface area contributed by atoms with Gasteiger partial charge in [-0.3, -0.25) is 9.78 Å². The van der Waals surface area contributed by atoms with Crippen molar-refractivity contribution in [1.82, 2.24) is 19.7 Å². The molecule has 0 amide bonds. The number of carboxylic acids is 1. The molecule has 2 heterocycles. The van der Waals surface area contributed by atoms with Crippen LogP contribution < -0.4 is 0 Å². The summed E-state index contributed by atoms with van der Waals surface area (Å²) < 4.78 is 1.90. The fraction of sp³-hybridized carbons (Fsp3) is 0.385. The SMILES string of the molecule is CCc1cccnc1Cn1c(C)nnc1SCC(=O)O. The Morgan fingerprint density at radius 1 is 1.45 bits per heavy atom. The summed E-state index contributed by atoms with van der Waals surface area (Å²) in [6, 6.07) is 3.97. The largest absolute Gasteiger partial charge is 0.481 e. The van der Waals surface area contributed by atoms with Crippen molar-refractivity contribution in [2.45, 2.75) is 32.0 Å². The fourth-order valence-corrected chi connectivity index (χ4v) is 2.57. The summed E-state index contributed by atoms with van der Waals surface area (Å²) in [6.45, 7) is 4.50. The number of hydrogen-bond acceptors (Lipinski definition) is 5. The summed E-state index contributed by atoms with van der Waals surface area (Å²) in [5, 5.41) is 17.4. The van der Waals surface area contributed by atoms with Gasteiger partial charge in [0.15, 0.2) is 5.16 Å². The van der Waals surface area contributed by atoms with E-state index in [9.17, 15) is 4.79 Å². The van der Waals surface area contributed by atoms with Crippen LogP contribution in [0.2, 0.25) is 0 Å². The molecule has 20 heavy (non-hydrogen) atoms. The van der Waals surface area contributed by atoms with Crippen molar-refractivity contribution in [3.63, 3.8) is 0 Å². The van der Waals surface area contributed by atoms with E-state index in [4.69, 9.17) is 5.11 Å². The van der Waals surface area contributed by atoms with Crippen LogP contribution in [0.15, 0.2) is 23.5 Å². The maximum absolute atomic E-state index is 10.7. The molecule has 0 aliphatic heterocycles. The minimum absolute atomic E-state index is 0.0268. The van der Waals surface area contributed by atoms with Gasteiger partial charge in [0.2, 0.25) is 0 Å². The summed E-state index contributed by atoms with van der Waals surface area (Å²) >= 11 is 1.17. The average Bonchev–Trinajstić information content (AvgIpc) is 2.78. The van der Waals surface area contributed by atoms with Crippen molar-refractivity contribution in [1.29, 1.82) is 0 Å². The van der Waals surface area contributed by atoms with Gasteiger partial charge in [-0.15, -0.1) is 10.2 Å². The Balaban J connectivity index is 2.24. The van der Waals surface area contributed by atoms with Gasteiger partial charge < -0.3 is 9.67 Å². The molecule has 6 nitrogen and oxygen atoms in total.